The molecule has 0 unspecified atom stereocenters. The van der Waals surface area contributed by atoms with Crippen LogP contribution in [0.5, 0.6) is 0 Å². The van der Waals surface area contributed by atoms with Gasteiger partial charge >= 0.3 is 0 Å². The lowest BCUT2D eigenvalue weighted by atomic mass is 10.0. The molecule has 0 saturated heterocycles. The van der Waals surface area contributed by atoms with E-state index in [1.165, 1.54) is 0 Å². The first-order valence-corrected chi connectivity index (χ1v) is 9.25. The van der Waals surface area contributed by atoms with Gasteiger partial charge < -0.3 is 5.11 Å². The number of aliphatic imine (C=N–C) groups is 1. The second-order valence-electron chi connectivity index (χ2n) is 7.41. The van der Waals surface area contributed by atoms with E-state index in [-0.39, 0.29) is 0 Å². The molecule has 0 bridgehead atoms. The first-order chi connectivity index (χ1) is 13.5. The molecule has 0 aliphatic carbocycles. The minimum Gasteiger partial charge on any atom is -0.390 e. The predicted octanol–water partition coefficient (Wildman–Crippen LogP) is 4.21. The highest BCUT2D eigenvalue weighted by molar-refractivity contribution is 6.13. The van der Waals surface area contributed by atoms with Gasteiger partial charge in [-0.25, -0.2) is 4.99 Å². The first-order valence-electron chi connectivity index (χ1n) is 9.25. The Bertz CT molecular complexity index is 1070. The highest BCUT2D eigenvalue weighted by Gasteiger charge is 2.18. The largest absolute Gasteiger partial charge is 0.390 e. The molecule has 5 nitrogen and oxygen atoms in total. The molecular weight excluding hydrogens is 348 g/mol. The second kappa shape index (κ2) is 7.37. The van der Waals surface area contributed by atoms with Crippen molar-refractivity contribution >= 4 is 17.0 Å². The van der Waals surface area contributed by atoms with E-state index in [2.05, 4.69) is 34.5 Å². The summed E-state index contributed by atoms with van der Waals surface area (Å²) in [5, 5.41) is 18.5. The maximum absolute atomic E-state index is 10.1. The van der Waals surface area contributed by atoms with Gasteiger partial charge in [0.25, 0.3) is 0 Å². The minimum atomic E-state index is -0.840. The highest BCUT2D eigenvalue weighted by atomic mass is 16.3. The van der Waals surface area contributed by atoms with Crippen LogP contribution < -0.4 is 0 Å². The topological polar surface area (TPSA) is 62.8 Å². The normalized spacial score (nSPS) is 11.5. The second-order valence-corrected chi connectivity index (χ2v) is 7.41. The van der Waals surface area contributed by atoms with Crippen LogP contribution in [0.4, 0.5) is 5.69 Å². The molecule has 0 atom stereocenters. The minimum absolute atomic E-state index is 0.427. The molecule has 0 aliphatic rings. The number of hydrogen-bond donors (Lipinski definition) is 1. The third kappa shape index (κ3) is 4.00. The number of aromatic nitrogens is 3. The molecule has 2 aromatic carbocycles. The summed E-state index contributed by atoms with van der Waals surface area (Å²) in [5.74, 6) is 0.726. The maximum atomic E-state index is 10.1. The van der Waals surface area contributed by atoms with Crippen LogP contribution in [-0.4, -0.2) is 31.0 Å². The molecule has 0 saturated carbocycles. The Morgan fingerprint density at radius 2 is 1.54 bits per heavy atom. The van der Waals surface area contributed by atoms with Crippen LogP contribution in [-0.2, 0) is 6.42 Å². The van der Waals surface area contributed by atoms with Crippen molar-refractivity contribution in [1.82, 2.24) is 14.6 Å². The van der Waals surface area contributed by atoms with Gasteiger partial charge in [0.05, 0.1) is 17.0 Å². The van der Waals surface area contributed by atoms with Gasteiger partial charge in [-0.3, -0.25) is 4.40 Å². The SMILES string of the molecule is CC(C)(O)Cc1nnc2cc(N=C(c3ccccc3)c3ccccc3)ccn12. The average Bonchev–Trinajstić information content (AvgIpc) is 3.08. The van der Waals surface area contributed by atoms with Gasteiger partial charge in [-0.05, 0) is 19.9 Å². The standard InChI is InChI=1S/C23H22N4O/c1-23(2,28)16-21-26-25-20-15-19(13-14-27(20)21)24-22(17-9-5-3-6-10-17)18-11-7-4-8-12-18/h3-15,28H,16H2,1-2H3. The molecule has 2 aromatic heterocycles. The highest BCUT2D eigenvalue weighted by Crippen LogP contribution is 2.21. The van der Waals surface area contributed by atoms with Crippen LogP contribution in [0.25, 0.3) is 5.65 Å². The maximum Gasteiger partial charge on any atom is 0.162 e. The Morgan fingerprint density at radius 3 is 2.11 bits per heavy atom. The summed E-state index contributed by atoms with van der Waals surface area (Å²) >= 11 is 0. The van der Waals surface area contributed by atoms with Crippen molar-refractivity contribution in [2.45, 2.75) is 25.9 Å². The van der Waals surface area contributed by atoms with E-state index in [1.807, 2.05) is 59.1 Å². The molecule has 0 amide bonds. The number of hydrogen-bond acceptors (Lipinski definition) is 4. The van der Waals surface area contributed by atoms with E-state index in [0.29, 0.717) is 12.1 Å². The molecule has 5 heteroatoms. The quantitative estimate of drug-likeness (QED) is 0.535. The fourth-order valence-corrected chi connectivity index (χ4v) is 3.12. The number of pyridine rings is 1. The predicted molar refractivity (Wildman–Crippen MR) is 111 cm³/mol. The Balaban J connectivity index is 1.77. The van der Waals surface area contributed by atoms with Gasteiger partial charge in [-0.2, -0.15) is 0 Å². The van der Waals surface area contributed by atoms with Crippen LogP contribution in [0, 0.1) is 0 Å². The molecule has 0 fully saturated rings. The zero-order chi connectivity index (χ0) is 19.6. The van der Waals surface area contributed by atoms with Gasteiger partial charge in [0.15, 0.2) is 5.65 Å². The molecule has 0 spiro atoms. The monoisotopic (exact) mass is 370 g/mol. The van der Waals surface area contributed by atoms with E-state index in [1.54, 1.807) is 13.8 Å². The molecule has 28 heavy (non-hydrogen) atoms. The Labute approximate surface area is 164 Å². The number of benzene rings is 2. The van der Waals surface area contributed by atoms with Crippen LogP contribution in [0.1, 0.15) is 30.8 Å². The zero-order valence-corrected chi connectivity index (χ0v) is 15.9. The third-order valence-electron chi connectivity index (χ3n) is 4.39. The summed E-state index contributed by atoms with van der Waals surface area (Å²) in [7, 11) is 0. The number of nitrogens with zero attached hydrogens (tertiary/aromatic N) is 4. The van der Waals surface area contributed by atoms with Gasteiger partial charge in [-0.15, -0.1) is 10.2 Å². The Hall–Kier alpha value is -3.31. The summed E-state index contributed by atoms with van der Waals surface area (Å²) in [6.45, 7) is 3.53. The van der Waals surface area contributed by atoms with Crippen LogP contribution in [0.2, 0.25) is 0 Å². The number of aliphatic hydroxyl groups is 1. The van der Waals surface area contributed by atoms with Gasteiger partial charge in [-0.1, -0.05) is 60.7 Å². The molecule has 1 N–H and O–H groups in total. The molecule has 4 aromatic rings. The summed E-state index contributed by atoms with van der Waals surface area (Å²) in [5.41, 5.74) is 3.68. The fraction of sp³-hybridized carbons (Fsp3) is 0.174. The third-order valence-corrected chi connectivity index (χ3v) is 4.39. The van der Waals surface area contributed by atoms with E-state index < -0.39 is 5.60 Å². The van der Waals surface area contributed by atoms with E-state index >= 15 is 0 Å². The van der Waals surface area contributed by atoms with Crippen molar-refractivity contribution in [3.8, 4) is 0 Å². The first kappa shape index (κ1) is 18.1. The number of rotatable bonds is 5. The molecular formula is C23H22N4O. The summed E-state index contributed by atoms with van der Waals surface area (Å²) in [6, 6.07) is 24.1. The van der Waals surface area contributed by atoms with Crippen molar-refractivity contribution in [1.29, 1.82) is 0 Å². The summed E-state index contributed by atoms with van der Waals surface area (Å²) in [4.78, 5) is 4.92. The molecule has 0 aliphatic heterocycles. The average molecular weight is 370 g/mol. The van der Waals surface area contributed by atoms with Crippen LogP contribution in [0.15, 0.2) is 84.0 Å². The smallest absolute Gasteiger partial charge is 0.162 e. The Kier molecular flexibility index (Phi) is 4.75. The van der Waals surface area contributed by atoms with E-state index in [4.69, 9.17) is 4.99 Å². The summed E-state index contributed by atoms with van der Waals surface area (Å²) in [6.07, 6.45) is 2.33. The van der Waals surface area contributed by atoms with Gasteiger partial charge in [0.1, 0.15) is 5.82 Å². The van der Waals surface area contributed by atoms with Gasteiger partial charge in [0, 0.05) is 29.8 Å². The zero-order valence-electron chi connectivity index (χ0n) is 15.9. The summed E-state index contributed by atoms with van der Waals surface area (Å²) < 4.78 is 1.89. The fourth-order valence-electron chi connectivity index (χ4n) is 3.12. The Morgan fingerprint density at radius 1 is 0.929 bits per heavy atom. The van der Waals surface area contributed by atoms with E-state index in [9.17, 15) is 5.11 Å². The lowest BCUT2D eigenvalue weighted by Crippen LogP contribution is -2.23. The van der Waals surface area contributed by atoms with Crippen molar-refractivity contribution in [3.05, 3.63) is 95.9 Å². The van der Waals surface area contributed by atoms with Crippen molar-refractivity contribution in [2.24, 2.45) is 4.99 Å². The van der Waals surface area contributed by atoms with Crippen molar-refractivity contribution in [3.63, 3.8) is 0 Å². The number of fused-ring (bicyclic) bond motifs is 1. The van der Waals surface area contributed by atoms with Crippen molar-refractivity contribution in [2.75, 3.05) is 0 Å². The lowest BCUT2D eigenvalue weighted by molar-refractivity contribution is 0.0785. The van der Waals surface area contributed by atoms with Crippen LogP contribution in [0.3, 0.4) is 0 Å². The van der Waals surface area contributed by atoms with Crippen molar-refractivity contribution < 1.29 is 5.11 Å². The molecule has 140 valence electrons. The van der Waals surface area contributed by atoms with Gasteiger partial charge in [0.2, 0.25) is 0 Å². The molecule has 4 rings (SSSR count). The van der Waals surface area contributed by atoms with E-state index in [0.717, 1.165) is 28.4 Å². The molecule has 0 radical (unpaired) electrons. The van der Waals surface area contributed by atoms with Crippen LogP contribution >= 0.6 is 0 Å². The lowest BCUT2D eigenvalue weighted by Gasteiger charge is -2.15. The molecule has 2 heterocycles.